The van der Waals surface area contributed by atoms with E-state index < -0.39 is 0 Å². The van der Waals surface area contributed by atoms with E-state index in [4.69, 9.17) is 18.9 Å². The topological polar surface area (TPSA) is 81.0 Å². The normalized spacial score (nSPS) is 12.5. The summed E-state index contributed by atoms with van der Waals surface area (Å²) in [5.41, 5.74) is 2.73. The maximum atomic E-state index is 13.1. The Balaban J connectivity index is 1.40. The summed E-state index contributed by atoms with van der Waals surface area (Å²) in [5.74, 6) is 2.22. The van der Waals surface area contributed by atoms with Crippen molar-refractivity contribution in [2.75, 3.05) is 38.4 Å². The summed E-state index contributed by atoms with van der Waals surface area (Å²) >= 11 is 0. The van der Waals surface area contributed by atoms with Gasteiger partial charge in [-0.1, -0.05) is 36.4 Å². The molecule has 4 rings (SSSR count). The van der Waals surface area contributed by atoms with Gasteiger partial charge in [-0.15, -0.1) is 0 Å². The van der Waals surface area contributed by atoms with Gasteiger partial charge < -0.3 is 23.8 Å². The van der Waals surface area contributed by atoms with E-state index in [1.807, 2.05) is 61.5 Å². The van der Waals surface area contributed by atoms with Gasteiger partial charge in [0.25, 0.3) is 5.91 Å². The summed E-state index contributed by atoms with van der Waals surface area (Å²) in [6.45, 7) is 3.81. The average Bonchev–Trinajstić information content (AvgIpc) is 3.37. The first-order chi connectivity index (χ1) is 18.1. The molecule has 1 aliphatic rings. The first kappa shape index (κ1) is 25.6. The lowest BCUT2D eigenvalue weighted by Gasteiger charge is -2.17. The highest BCUT2D eigenvalue weighted by atomic mass is 16.5. The molecule has 3 aromatic rings. The zero-order valence-electron chi connectivity index (χ0n) is 21.1. The number of anilines is 1. The minimum atomic E-state index is -0.305. The number of carbonyl (C=O) groups is 1. The van der Waals surface area contributed by atoms with Gasteiger partial charge in [-0.05, 0) is 60.9 Å². The van der Waals surface area contributed by atoms with Crippen LogP contribution < -0.4 is 23.8 Å². The molecule has 0 atom stereocenters. The third-order valence-electron chi connectivity index (χ3n) is 5.93. The van der Waals surface area contributed by atoms with Gasteiger partial charge in [-0.3, -0.25) is 4.79 Å². The molecule has 0 saturated carbocycles. The Morgan fingerprint density at radius 1 is 0.946 bits per heavy atom. The average molecular weight is 499 g/mol. The zero-order valence-corrected chi connectivity index (χ0v) is 21.1. The van der Waals surface area contributed by atoms with E-state index in [-0.39, 0.29) is 11.5 Å². The second kappa shape index (κ2) is 12.5. The van der Waals surface area contributed by atoms with Crippen molar-refractivity contribution in [3.8, 4) is 29.1 Å². The van der Waals surface area contributed by atoms with E-state index in [0.29, 0.717) is 61.3 Å². The second-order valence-electron chi connectivity index (χ2n) is 8.35. The largest absolute Gasteiger partial charge is 0.493 e. The van der Waals surface area contributed by atoms with Crippen LogP contribution in [0.25, 0.3) is 6.08 Å². The Morgan fingerprint density at radius 2 is 1.65 bits per heavy atom. The molecule has 7 heteroatoms. The Bertz CT molecular complexity index is 1310. The lowest BCUT2D eigenvalue weighted by molar-refractivity contribution is -0.114. The van der Waals surface area contributed by atoms with Gasteiger partial charge in [0, 0.05) is 18.7 Å². The highest BCUT2D eigenvalue weighted by molar-refractivity contribution is 6.12. The van der Waals surface area contributed by atoms with E-state index in [1.54, 1.807) is 30.2 Å². The summed E-state index contributed by atoms with van der Waals surface area (Å²) in [6.07, 6.45) is 3.04. The monoisotopic (exact) mass is 498 g/mol. The molecule has 1 heterocycles. The van der Waals surface area contributed by atoms with Crippen LogP contribution in [0.5, 0.6) is 23.0 Å². The van der Waals surface area contributed by atoms with E-state index in [0.717, 1.165) is 17.7 Å². The van der Waals surface area contributed by atoms with Crippen molar-refractivity contribution in [2.24, 2.45) is 0 Å². The molecule has 37 heavy (non-hydrogen) atoms. The van der Waals surface area contributed by atoms with Gasteiger partial charge in [0.15, 0.2) is 23.0 Å². The summed E-state index contributed by atoms with van der Waals surface area (Å²) in [5, 5.41) is 9.73. The van der Waals surface area contributed by atoms with Gasteiger partial charge in [-0.25, -0.2) is 0 Å². The molecule has 0 aliphatic carbocycles. The predicted octanol–water partition coefficient (Wildman–Crippen LogP) is 5.44. The van der Waals surface area contributed by atoms with Crippen LogP contribution in [0.1, 0.15) is 24.5 Å². The van der Waals surface area contributed by atoms with Gasteiger partial charge in [0.05, 0.1) is 26.9 Å². The Hall–Kier alpha value is -4.44. The third-order valence-corrected chi connectivity index (χ3v) is 5.93. The molecular formula is C30H30N2O5. The van der Waals surface area contributed by atoms with Crippen molar-refractivity contribution in [1.82, 2.24) is 0 Å². The fourth-order valence-electron chi connectivity index (χ4n) is 4.17. The summed E-state index contributed by atoms with van der Waals surface area (Å²) in [7, 11) is 1.61. The van der Waals surface area contributed by atoms with Crippen LogP contribution in [-0.4, -0.2) is 39.4 Å². The number of carbonyl (C=O) groups excluding carboxylic acids is 1. The van der Waals surface area contributed by atoms with E-state index in [1.165, 1.54) is 0 Å². The molecule has 0 saturated heterocycles. The van der Waals surface area contributed by atoms with Crippen LogP contribution >= 0.6 is 0 Å². The fraction of sp³-hybridized carbons (Fsp3) is 0.267. The van der Waals surface area contributed by atoms with E-state index >= 15 is 0 Å². The molecule has 0 N–H and O–H groups in total. The molecule has 1 aliphatic heterocycles. The molecule has 3 aromatic carbocycles. The van der Waals surface area contributed by atoms with Crippen LogP contribution in [0, 0.1) is 11.3 Å². The molecule has 0 radical (unpaired) electrons. The summed E-state index contributed by atoms with van der Waals surface area (Å²) in [6, 6.07) is 22.7. The molecule has 0 spiro atoms. The number of nitriles is 1. The maximum Gasteiger partial charge on any atom is 0.268 e. The molecule has 7 nitrogen and oxygen atoms in total. The smallest absolute Gasteiger partial charge is 0.268 e. The number of fused-ring (bicyclic) bond motifs is 1. The second-order valence-corrected chi connectivity index (χ2v) is 8.35. The number of nitrogens with zero attached hydrogens (tertiary/aromatic N) is 2. The van der Waals surface area contributed by atoms with Crippen LogP contribution in [0.3, 0.4) is 0 Å². The highest BCUT2D eigenvalue weighted by Crippen LogP contribution is 2.32. The Labute approximate surface area is 217 Å². The quantitative estimate of drug-likeness (QED) is 0.199. The summed E-state index contributed by atoms with van der Waals surface area (Å²) in [4.78, 5) is 14.8. The van der Waals surface area contributed by atoms with Crippen LogP contribution in [0.4, 0.5) is 5.69 Å². The van der Waals surface area contributed by atoms with Gasteiger partial charge >= 0.3 is 0 Å². The minimum Gasteiger partial charge on any atom is -0.493 e. The van der Waals surface area contributed by atoms with Gasteiger partial charge in [0.2, 0.25) is 0 Å². The lowest BCUT2D eigenvalue weighted by Crippen LogP contribution is -2.29. The van der Waals surface area contributed by atoms with E-state index in [9.17, 15) is 10.1 Å². The number of rotatable bonds is 11. The van der Waals surface area contributed by atoms with Crippen molar-refractivity contribution < 1.29 is 23.7 Å². The first-order valence-electron chi connectivity index (χ1n) is 12.3. The molecule has 1 amide bonds. The van der Waals surface area contributed by atoms with Crippen molar-refractivity contribution >= 4 is 17.7 Å². The molecule has 0 fully saturated rings. The highest BCUT2D eigenvalue weighted by Gasteiger charge is 2.26. The minimum absolute atomic E-state index is 0.0707. The van der Waals surface area contributed by atoms with Gasteiger partial charge in [0.1, 0.15) is 11.6 Å². The maximum absolute atomic E-state index is 13.1. The molecule has 0 bridgehead atoms. The lowest BCUT2D eigenvalue weighted by atomic mass is 10.1. The number of amides is 1. The van der Waals surface area contributed by atoms with Crippen molar-refractivity contribution in [3.05, 3.63) is 83.4 Å². The van der Waals surface area contributed by atoms with Crippen molar-refractivity contribution in [1.29, 1.82) is 5.26 Å². The van der Waals surface area contributed by atoms with Crippen LogP contribution in [0.15, 0.2) is 72.3 Å². The predicted molar refractivity (Wildman–Crippen MR) is 142 cm³/mol. The number of benzene rings is 3. The first-order valence-corrected chi connectivity index (χ1v) is 12.3. The third kappa shape index (κ3) is 6.22. The summed E-state index contributed by atoms with van der Waals surface area (Å²) < 4.78 is 22.8. The SMILES string of the molecule is CCOc1cc(/C=C(\C#N)C(=O)N2CCc3ccccc32)ccc1OCCCOc1ccccc1OC. The molecule has 0 unspecified atom stereocenters. The Morgan fingerprint density at radius 3 is 2.38 bits per heavy atom. The fourth-order valence-corrected chi connectivity index (χ4v) is 4.17. The molecular weight excluding hydrogens is 468 g/mol. The zero-order chi connectivity index (χ0) is 26.0. The van der Waals surface area contributed by atoms with Gasteiger partial charge in [-0.2, -0.15) is 5.26 Å². The number of methoxy groups -OCH3 is 1. The molecule has 190 valence electrons. The Kier molecular flexibility index (Phi) is 8.66. The number of ether oxygens (including phenoxy) is 4. The van der Waals surface area contributed by atoms with Crippen molar-refractivity contribution in [2.45, 2.75) is 19.8 Å². The van der Waals surface area contributed by atoms with Crippen molar-refractivity contribution in [3.63, 3.8) is 0 Å². The molecule has 0 aromatic heterocycles. The van der Waals surface area contributed by atoms with Crippen LogP contribution in [0.2, 0.25) is 0 Å². The number of para-hydroxylation sites is 3. The number of hydrogen-bond acceptors (Lipinski definition) is 6. The van der Waals surface area contributed by atoms with E-state index in [2.05, 4.69) is 6.07 Å². The standard InChI is InChI=1S/C30H30N2O5/c1-3-35-29-20-22(19-24(21-31)30(33)32-16-15-23-9-4-5-10-25(23)32)13-14-28(29)37-18-8-17-36-27-12-7-6-11-26(27)34-2/h4-7,9-14,19-20H,3,8,15-18H2,1-2H3/b24-19+. The van der Waals surface area contributed by atoms with Crippen LogP contribution in [-0.2, 0) is 11.2 Å². The number of hydrogen-bond donors (Lipinski definition) is 0.